The number of ether oxygens (including phenoxy) is 4. The summed E-state index contributed by atoms with van der Waals surface area (Å²) < 4.78 is 47.2. The number of amides is 4. The monoisotopic (exact) mass is 892 g/mol. The largest absolute Gasteiger partial charge is 0.465 e. The molecule has 4 amide bonds. The highest BCUT2D eigenvalue weighted by atomic mass is 79.9. The van der Waals surface area contributed by atoms with Crippen LogP contribution in [0.4, 0.5) is 29.7 Å². The molecule has 4 aromatic rings. The van der Waals surface area contributed by atoms with Crippen molar-refractivity contribution >= 4 is 74.5 Å². The van der Waals surface area contributed by atoms with Crippen LogP contribution in [0.3, 0.4) is 0 Å². The molecule has 0 radical (unpaired) electrons. The molecule has 2 heterocycles. The van der Waals surface area contributed by atoms with Crippen molar-refractivity contribution in [3.63, 3.8) is 0 Å². The normalized spacial score (nSPS) is 13.5. The smallest absolute Gasteiger partial charge is 0.337 e. The zero-order valence-corrected chi connectivity index (χ0v) is 34.2. The molecule has 17 heteroatoms. The van der Waals surface area contributed by atoms with Crippen LogP contribution in [-0.2, 0) is 30.8 Å². The van der Waals surface area contributed by atoms with Gasteiger partial charge in [-0.25, -0.2) is 28.0 Å². The molecular weight excluding hydrogens is 853 g/mol. The van der Waals surface area contributed by atoms with E-state index < -0.39 is 23.6 Å². The summed E-state index contributed by atoms with van der Waals surface area (Å²) in [5.41, 5.74) is 2.40. The van der Waals surface area contributed by atoms with E-state index in [-0.39, 0.29) is 35.3 Å². The van der Waals surface area contributed by atoms with Gasteiger partial charge in [-0.15, -0.1) is 0 Å². The number of rotatable bonds is 7. The lowest BCUT2D eigenvalue weighted by molar-refractivity contribution is 0.0548. The summed E-state index contributed by atoms with van der Waals surface area (Å²) >= 11 is 15.0. The molecule has 0 aliphatic carbocycles. The number of methoxy groups -OCH3 is 2. The molecule has 0 atom stereocenters. The van der Waals surface area contributed by atoms with Gasteiger partial charge in [-0.2, -0.15) is 0 Å². The first-order valence-corrected chi connectivity index (χ1v) is 19.4. The number of alkyl halides is 1. The number of hydrogen-bond donors (Lipinski definition) is 1. The van der Waals surface area contributed by atoms with E-state index in [2.05, 4.69) is 30.7 Å². The summed E-state index contributed by atoms with van der Waals surface area (Å²) in [7, 11) is 2.49. The third-order valence-electron chi connectivity index (χ3n) is 8.43. The number of nitrogens with one attached hydrogen (secondary N) is 1. The van der Waals surface area contributed by atoms with Gasteiger partial charge in [-0.3, -0.25) is 4.90 Å². The van der Waals surface area contributed by atoms with Crippen molar-refractivity contribution in [1.82, 2.24) is 9.80 Å². The molecule has 0 unspecified atom stereocenters. The van der Waals surface area contributed by atoms with E-state index in [4.69, 9.17) is 32.7 Å². The molecule has 0 saturated carbocycles. The average molecular weight is 895 g/mol. The van der Waals surface area contributed by atoms with Gasteiger partial charge in [0.05, 0.1) is 58.3 Å². The van der Waals surface area contributed by atoms with Crippen LogP contribution in [0.25, 0.3) is 0 Å². The van der Waals surface area contributed by atoms with E-state index in [9.17, 15) is 28.0 Å². The number of urea groups is 2. The second kappa shape index (κ2) is 22.8. The third-order valence-corrected chi connectivity index (χ3v) is 9.50. The van der Waals surface area contributed by atoms with Crippen LogP contribution >= 0.6 is 39.1 Å². The van der Waals surface area contributed by atoms with Crippen molar-refractivity contribution < 1.29 is 46.9 Å². The van der Waals surface area contributed by atoms with Crippen LogP contribution in [0.2, 0.25) is 10.0 Å². The van der Waals surface area contributed by atoms with Crippen molar-refractivity contribution in [2.45, 2.75) is 11.9 Å². The minimum Gasteiger partial charge on any atom is -0.465 e. The van der Waals surface area contributed by atoms with Gasteiger partial charge in [0.15, 0.2) is 0 Å². The van der Waals surface area contributed by atoms with Crippen molar-refractivity contribution in [3.05, 3.63) is 129 Å². The number of anilines is 2. The minimum atomic E-state index is -0.624. The maximum Gasteiger partial charge on any atom is 0.337 e. The van der Waals surface area contributed by atoms with E-state index in [0.29, 0.717) is 84.9 Å². The van der Waals surface area contributed by atoms with Crippen molar-refractivity contribution in [2.24, 2.45) is 0 Å². The third kappa shape index (κ3) is 13.7. The summed E-state index contributed by atoms with van der Waals surface area (Å²) in [5, 5.41) is 4.31. The first kappa shape index (κ1) is 44.9. The number of carbonyl (C=O) groups is 4. The van der Waals surface area contributed by atoms with E-state index in [1.54, 1.807) is 58.3 Å². The molecule has 12 nitrogen and oxygen atoms in total. The van der Waals surface area contributed by atoms with Crippen molar-refractivity contribution in [1.29, 1.82) is 0 Å². The zero-order chi connectivity index (χ0) is 41.3. The second-order valence-corrected chi connectivity index (χ2v) is 13.7. The van der Waals surface area contributed by atoms with Gasteiger partial charge in [-0.05, 0) is 66.2 Å². The lowest BCUT2D eigenvalue weighted by Gasteiger charge is -2.33. The minimum absolute atomic E-state index is 0.0101. The van der Waals surface area contributed by atoms with Crippen LogP contribution in [0.1, 0.15) is 31.8 Å². The molecule has 6 rings (SSSR count). The number of esters is 2. The Morgan fingerprint density at radius 1 is 0.719 bits per heavy atom. The second-order valence-electron chi connectivity index (χ2n) is 12.2. The van der Waals surface area contributed by atoms with Gasteiger partial charge in [-0.1, -0.05) is 63.4 Å². The molecule has 57 heavy (non-hydrogen) atoms. The number of halogens is 5. The van der Waals surface area contributed by atoms with Gasteiger partial charge in [0.1, 0.15) is 11.6 Å². The molecule has 2 aliphatic rings. The van der Waals surface area contributed by atoms with Crippen LogP contribution in [0.5, 0.6) is 0 Å². The van der Waals surface area contributed by atoms with Gasteiger partial charge in [0.2, 0.25) is 0 Å². The number of benzene rings is 4. The molecular formula is C40H41BrCl2F2N4O8. The molecule has 0 aromatic heterocycles. The summed E-state index contributed by atoms with van der Waals surface area (Å²) in [6, 6.07) is 21.9. The van der Waals surface area contributed by atoms with E-state index in [1.165, 1.54) is 43.4 Å². The van der Waals surface area contributed by atoms with E-state index in [0.717, 1.165) is 6.07 Å². The molecule has 2 saturated heterocycles. The predicted molar refractivity (Wildman–Crippen MR) is 216 cm³/mol. The number of carbonyl (C=O) groups excluding carboxylic acids is 4. The van der Waals surface area contributed by atoms with E-state index >= 15 is 0 Å². The summed E-state index contributed by atoms with van der Waals surface area (Å²) in [6.45, 7) is 4.28. The lowest BCUT2D eigenvalue weighted by Crippen LogP contribution is -2.48. The zero-order valence-electron chi connectivity index (χ0n) is 31.2. The van der Waals surface area contributed by atoms with Gasteiger partial charge < -0.3 is 34.1 Å². The summed E-state index contributed by atoms with van der Waals surface area (Å²) in [6.07, 6.45) is 0. The van der Waals surface area contributed by atoms with Crippen molar-refractivity contribution in [3.8, 4) is 0 Å². The molecule has 4 aromatic carbocycles. The first-order valence-electron chi connectivity index (χ1n) is 17.5. The SMILES string of the molecule is COC(=O)c1ccc(CBr)c(F)c1.COC(=O)c1ccc(CN(C(=O)N2CCOCC2)c2cccc(Cl)c2)c(F)c1.O=C(Nc1cccc(Cl)c1)N1CCOCC1. The number of hydrogen-bond acceptors (Lipinski definition) is 8. The van der Waals surface area contributed by atoms with E-state index in [1.807, 2.05) is 6.07 Å². The number of morpholine rings is 2. The molecule has 2 aliphatic heterocycles. The highest BCUT2D eigenvalue weighted by Gasteiger charge is 2.26. The highest BCUT2D eigenvalue weighted by Crippen LogP contribution is 2.25. The van der Waals surface area contributed by atoms with Gasteiger partial charge >= 0.3 is 24.0 Å². The standard InChI is InChI=1S/C20H20ClFN2O4.C11H13ClN2O2.C9H8BrFO2/c1-27-19(25)14-5-6-15(18(22)11-14)13-24(17-4-2-3-16(21)12-17)20(26)23-7-9-28-10-8-23;12-9-2-1-3-10(8-9)13-11(15)14-4-6-16-7-5-14;1-13-9(12)6-2-3-7(5-10)8(11)4-6/h2-6,11-12H,7-10,13H2,1H3;1-3,8H,4-7H2,(H,13,15);2-4H,5H2,1H3. The van der Waals surface area contributed by atoms with Crippen LogP contribution < -0.4 is 10.2 Å². The Labute approximate surface area is 347 Å². The topological polar surface area (TPSA) is 127 Å². The van der Waals surface area contributed by atoms with Crippen LogP contribution in [0.15, 0.2) is 84.9 Å². The molecule has 2 fully saturated rings. The fourth-order valence-corrected chi connectivity index (χ4v) is 6.19. The van der Waals surface area contributed by atoms with Crippen LogP contribution in [-0.4, -0.2) is 101 Å². The Kier molecular flexibility index (Phi) is 18.0. The molecule has 0 spiro atoms. The predicted octanol–water partition coefficient (Wildman–Crippen LogP) is 8.44. The fraction of sp³-hybridized carbons (Fsp3) is 0.300. The highest BCUT2D eigenvalue weighted by molar-refractivity contribution is 9.08. The van der Waals surface area contributed by atoms with Crippen molar-refractivity contribution in [2.75, 3.05) is 77.0 Å². The number of nitrogens with zero attached hydrogens (tertiary/aromatic N) is 3. The first-order chi connectivity index (χ1) is 27.4. The molecule has 304 valence electrons. The Balaban J connectivity index is 0.000000209. The fourth-order valence-electron chi connectivity index (χ4n) is 5.37. The van der Waals surface area contributed by atoms with Crippen LogP contribution in [0, 0.1) is 11.6 Å². The Morgan fingerprint density at radius 2 is 1.23 bits per heavy atom. The van der Waals surface area contributed by atoms with Gasteiger partial charge in [0.25, 0.3) is 0 Å². The Morgan fingerprint density at radius 3 is 1.72 bits per heavy atom. The molecule has 1 N–H and O–H groups in total. The summed E-state index contributed by atoms with van der Waals surface area (Å²) in [5.74, 6) is -2.15. The maximum absolute atomic E-state index is 14.6. The Bertz CT molecular complexity index is 2000. The Hall–Kier alpha value is -4.80. The van der Waals surface area contributed by atoms with Gasteiger partial charge in [0, 0.05) is 58.5 Å². The lowest BCUT2D eigenvalue weighted by atomic mass is 10.1. The quantitative estimate of drug-likeness (QED) is 0.145. The summed E-state index contributed by atoms with van der Waals surface area (Å²) in [4.78, 5) is 52.3. The average Bonchev–Trinajstić information content (AvgIpc) is 3.23. The molecule has 0 bridgehead atoms. The maximum atomic E-state index is 14.6.